The van der Waals surface area contributed by atoms with E-state index >= 15 is 0 Å². The summed E-state index contributed by atoms with van der Waals surface area (Å²) in [5.74, 6) is -0.428. The maximum absolute atomic E-state index is 13.1. The molecule has 0 spiro atoms. The second-order valence-corrected chi connectivity index (χ2v) is 5.40. The fraction of sp³-hybridized carbons (Fsp3) is 0.118. The van der Waals surface area contributed by atoms with Crippen molar-refractivity contribution in [2.24, 2.45) is 0 Å². The smallest absolute Gasteiger partial charge is 0.340 e. The van der Waals surface area contributed by atoms with Crippen molar-refractivity contribution in [2.45, 2.75) is 12.4 Å². The van der Waals surface area contributed by atoms with Crippen LogP contribution in [0.25, 0.3) is 11.4 Å². The van der Waals surface area contributed by atoms with E-state index in [1.54, 1.807) is 0 Å². The predicted octanol–water partition coefficient (Wildman–Crippen LogP) is 5.32. The lowest BCUT2D eigenvalue weighted by Crippen LogP contribution is -2.11. The van der Waals surface area contributed by atoms with Crippen LogP contribution in [0.1, 0.15) is 11.3 Å². The van der Waals surface area contributed by atoms with Crippen LogP contribution < -0.4 is 5.32 Å². The van der Waals surface area contributed by atoms with Gasteiger partial charge in [-0.2, -0.15) is 26.3 Å². The Labute approximate surface area is 148 Å². The summed E-state index contributed by atoms with van der Waals surface area (Å²) in [6.07, 6.45) is -6.49. The molecule has 0 unspecified atom stereocenters. The first-order valence-electron chi connectivity index (χ1n) is 7.44. The molecular formula is C17H10F6N4. The van der Waals surface area contributed by atoms with Crippen LogP contribution in [0.4, 0.5) is 37.8 Å². The molecule has 4 nitrogen and oxygen atoms in total. The Morgan fingerprint density at radius 3 is 2.07 bits per heavy atom. The molecule has 2 aromatic heterocycles. The molecule has 0 bridgehead atoms. The summed E-state index contributed by atoms with van der Waals surface area (Å²) in [5.41, 5.74) is -1.65. The highest BCUT2D eigenvalue weighted by atomic mass is 19.4. The number of pyridine rings is 1. The van der Waals surface area contributed by atoms with Crippen molar-refractivity contribution in [3.8, 4) is 11.4 Å². The van der Waals surface area contributed by atoms with E-state index in [-0.39, 0.29) is 22.9 Å². The second kappa shape index (κ2) is 6.86. The lowest BCUT2D eigenvalue weighted by atomic mass is 10.2. The molecule has 3 rings (SSSR count). The molecule has 0 fully saturated rings. The third kappa shape index (κ3) is 4.52. The SMILES string of the molecule is FC(F)(F)c1ccc(Nc2cc(C(F)(F)F)nc(-c3cccnc3)n2)cc1. The molecule has 3 aromatic rings. The van der Waals surface area contributed by atoms with Gasteiger partial charge in [-0.05, 0) is 36.4 Å². The monoisotopic (exact) mass is 384 g/mol. The van der Waals surface area contributed by atoms with Crippen LogP contribution in [-0.2, 0) is 12.4 Å². The Morgan fingerprint density at radius 2 is 1.52 bits per heavy atom. The average Bonchev–Trinajstić information content (AvgIpc) is 2.61. The number of benzene rings is 1. The zero-order chi connectivity index (χ0) is 19.7. The zero-order valence-corrected chi connectivity index (χ0v) is 13.3. The van der Waals surface area contributed by atoms with Gasteiger partial charge in [0.2, 0.25) is 0 Å². The number of aromatic nitrogens is 3. The van der Waals surface area contributed by atoms with Crippen molar-refractivity contribution < 1.29 is 26.3 Å². The summed E-state index contributed by atoms with van der Waals surface area (Å²) >= 11 is 0. The van der Waals surface area contributed by atoms with Gasteiger partial charge in [-0.1, -0.05) is 0 Å². The Hall–Kier alpha value is -3.17. The van der Waals surface area contributed by atoms with E-state index in [0.29, 0.717) is 6.07 Å². The quantitative estimate of drug-likeness (QED) is 0.621. The first-order chi connectivity index (χ1) is 12.6. The Kier molecular flexibility index (Phi) is 4.73. The largest absolute Gasteiger partial charge is 0.433 e. The molecule has 2 heterocycles. The highest BCUT2D eigenvalue weighted by Crippen LogP contribution is 2.33. The van der Waals surface area contributed by atoms with Crippen molar-refractivity contribution in [3.05, 3.63) is 66.1 Å². The normalized spacial score (nSPS) is 12.1. The zero-order valence-electron chi connectivity index (χ0n) is 13.3. The Bertz CT molecular complexity index is 921. The van der Waals surface area contributed by atoms with E-state index in [9.17, 15) is 26.3 Å². The molecule has 0 aliphatic carbocycles. The highest BCUT2D eigenvalue weighted by molar-refractivity contribution is 5.61. The number of nitrogens with one attached hydrogen (secondary N) is 1. The fourth-order valence-corrected chi connectivity index (χ4v) is 2.17. The maximum atomic E-state index is 13.1. The fourth-order valence-electron chi connectivity index (χ4n) is 2.17. The third-order valence-corrected chi connectivity index (χ3v) is 3.42. The minimum Gasteiger partial charge on any atom is -0.340 e. The molecule has 0 saturated carbocycles. The van der Waals surface area contributed by atoms with E-state index in [1.165, 1.54) is 24.5 Å². The minimum absolute atomic E-state index is 0.145. The van der Waals surface area contributed by atoms with E-state index in [1.807, 2.05) is 0 Å². The summed E-state index contributed by atoms with van der Waals surface area (Å²) in [4.78, 5) is 11.3. The molecular weight excluding hydrogens is 374 g/mol. The maximum Gasteiger partial charge on any atom is 0.433 e. The summed E-state index contributed by atoms with van der Waals surface area (Å²) in [6.45, 7) is 0. The highest BCUT2D eigenvalue weighted by Gasteiger charge is 2.34. The van der Waals surface area contributed by atoms with Gasteiger partial charge in [0.25, 0.3) is 0 Å². The van der Waals surface area contributed by atoms with Crippen LogP contribution in [0, 0.1) is 0 Å². The lowest BCUT2D eigenvalue weighted by molar-refractivity contribution is -0.141. The summed E-state index contributed by atoms with van der Waals surface area (Å²) in [5, 5.41) is 2.57. The average molecular weight is 384 g/mol. The number of hydrogen-bond acceptors (Lipinski definition) is 4. The van der Waals surface area contributed by atoms with Gasteiger partial charge < -0.3 is 5.32 Å². The van der Waals surface area contributed by atoms with Gasteiger partial charge in [0.1, 0.15) is 5.82 Å². The van der Waals surface area contributed by atoms with Crippen molar-refractivity contribution in [1.29, 1.82) is 0 Å². The van der Waals surface area contributed by atoms with Crippen molar-refractivity contribution >= 4 is 11.5 Å². The Morgan fingerprint density at radius 1 is 0.815 bits per heavy atom. The molecule has 1 aromatic carbocycles. The van der Waals surface area contributed by atoms with E-state index in [4.69, 9.17) is 0 Å². The summed E-state index contributed by atoms with van der Waals surface area (Å²) < 4.78 is 77.2. The number of halogens is 6. The second-order valence-electron chi connectivity index (χ2n) is 5.40. The van der Waals surface area contributed by atoms with E-state index in [2.05, 4.69) is 20.3 Å². The van der Waals surface area contributed by atoms with Crippen molar-refractivity contribution in [1.82, 2.24) is 15.0 Å². The van der Waals surface area contributed by atoms with Crippen LogP contribution in [0.5, 0.6) is 0 Å². The first-order valence-corrected chi connectivity index (χ1v) is 7.44. The summed E-state index contributed by atoms with van der Waals surface area (Å²) in [7, 11) is 0. The number of alkyl halides is 6. The van der Waals surface area contributed by atoms with Crippen molar-refractivity contribution in [3.63, 3.8) is 0 Å². The van der Waals surface area contributed by atoms with Crippen LogP contribution in [-0.4, -0.2) is 15.0 Å². The molecule has 0 aliphatic rings. The third-order valence-electron chi connectivity index (χ3n) is 3.42. The standard InChI is InChI=1S/C17H10F6N4/c18-16(19,20)11-3-5-12(6-4-11)25-14-8-13(17(21,22)23)26-15(27-14)10-2-1-7-24-9-10/h1-9H,(H,25,26,27). The molecule has 0 atom stereocenters. The number of anilines is 2. The molecule has 27 heavy (non-hydrogen) atoms. The van der Waals surface area contributed by atoms with Gasteiger partial charge in [-0.25, -0.2) is 9.97 Å². The van der Waals surface area contributed by atoms with Crippen molar-refractivity contribution in [2.75, 3.05) is 5.32 Å². The van der Waals surface area contributed by atoms with Gasteiger partial charge >= 0.3 is 12.4 Å². The van der Waals surface area contributed by atoms with Gasteiger partial charge in [0, 0.05) is 29.7 Å². The van der Waals surface area contributed by atoms with Crippen LogP contribution >= 0.6 is 0 Å². The molecule has 0 radical (unpaired) electrons. The molecule has 140 valence electrons. The number of nitrogens with zero attached hydrogens (tertiary/aromatic N) is 3. The number of hydrogen-bond donors (Lipinski definition) is 1. The van der Waals surface area contributed by atoms with Gasteiger partial charge in [-0.15, -0.1) is 0 Å². The van der Waals surface area contributed by atoms with Crippen LogP contribution in [0.15, 0.2) is 54.9 Å². The van der Waals surface area contributed by atoms with Crippen LogP contribution in [0.3, 0.4) is 0 Å². The molecule has 0 saturated heterocycles. The van der Waals surface area contributed by atoms with Crippen LogP contribution in [0.2, 0.25) is 0 Å². The lowest BCUT2D eigenvalue weighted by Gasteiger charge is -2.12. The van der Waals surface area contributed by atoms with Gasteiger partial charge in [0.15, 0.2) is 11.5 Å². The number of rotatable bonds is 3. The predicted molar refractivity (Wildman–Crippen MR) is 85.0 cm³/mol. The molecule has 0 amide bonds. The van der Waals surface area contributed by atoms with E-state index in [0.717, 1.165) is 24.3 Å². The van der Waals surface area contributed by atoms with Gasteiger partial charge in [-0.3, -0.25) is 4.98 Å². The Balaban J connectivity index is 1.97. The first kappa shape index (κ1) is 18.6. The topological polar surface area (TPSA) is 50.7 Å². The molecule has 0 aliphatic heterocycles. The summed E-state index contributed by atoms with van der Waals surface area (Å²) in [6, 6.07) is 7.51. The molecule has 10 heteroatoms. The minimum atomic E-state index is -4.73. The van der Waals surface area contributed by atoms with Gasteiger partial charge in [0.05, 0.1) is 5.56 Å². The molecule has 1 N–H and O–H groups in total. The van der Waals surface area contributed by atoms with E-state index < -0.39 is 23.6 Å².